The Morgan fingerprint density at radius 3 is 2.62 bits per heavy atom. The van der Waals surface area contributed by atoms with Crippen LogP contribution in [0.15, 0.2) is 11.1 Å². The van der Waals surface area contributed by atoms with Crippen LogP contribution in [-0.4, -0.2) is 41.3 Å². The molecule has 0 aromatic carbocycles. The van der Waals surface area contributed by atoms with E-state index < -0.39 is 0 Å². The van der Waals surface area contributed by atoms with Crippen molar-refractivity contribution < 1.29 is 0 Å². The summed E-state index contributed by atoms with van der Waals surface area (Å²) >= 11 is 1.72. The minimum absolute atomic E-state index is 0.316. The van der Waals surface area contributed by atoms with Gasteiger partial charge >= 0.3 is 0 Å². The summed E-state index contributed by atoms with van der Waals surface area (Å²) in [6, 6.07) is 1.84. The van der Waals surface area contributed by atoms with E-state index in [4.69, 9.17) is 5.73 Å². The number of hydrogen-bond acceptors (Lipinski definition) is 5. The molecule has 0 saturated heterocycles. The van der Waals surface area contributed by atoms with Crippen molar-refractivity contribution in [3.8, 4) is 0 Å². The van der Waals surface area contributed by atoms with Gasteiger partial charge < -0.3 is 10.6 Å². The van der Waals surface area contributed by atoms with Crippen LogP contribution in [0.1, 0.15) is 25.6 Å². The molecule has 90 valence electrons. The zero-order chi connectivity index (χ0) is 12.1. The first kappa shape index (κ1) is 13.3. The Labute approximate surface area is 102 Å². The monoisotopic (exact) mass is 240 g/mol. The second-order valence-corrected chi connectivity index (χ2v) is 5.41. The van der Waals surface area contributed by atoms with Crippen molar-refractivity contribution in [2.45, 2.75) is 24.8 Å². The van der Waals surface area contributed by atoms with E-state index in [-0.39, 0.29) is 0 Å². The van der Waals surface area contributed by atoms with E-state index in [0.717, 1.165) is 23.1 Å². The van der Waals surface area contributed by atoms with Gasteiger partial charge in [-0.05, 0) is 14.1 Å². The van der Waals surface area contributed by atoms with Crippen molar-refractivity contribution in [1.82, 2.24) is 14.9 Å². The van der Waals surface area contributed by atoms with E-state index in [1.807, 2.05) is 6.07 Å². The summed E-state index contributed by atoms with van der Waals surface area (Å²) in [6.45, 7) is 5.18. The molecule has 0 saturated carbocycles. The van der Waals surface area contributed by atoms with Gasteiger partial charge in [0.25, 0.3) is 0 Å². The summed E-state index contributed by atoms with van der Waals surface area (Å²) in [5.74, 6) is 2.72. The molecule has 0 atom stereocenters. The molecule has 1 aromatic rings. The molecular formula is C11H20N4S. The van der Waals surface area contributed by atoms with Gasteiger partial charge in [-0.1, -0.05) is 13.8 Å². The number of nitrogen functional groups attached to an aromatic ring is 1. The Kier molecular flexibility index (Phi) is 5.02. The average molecular weight is 240 g/mol. The topological polar surface area (TPSA) is 55.0 Å². The summed E-state index contributed by atoms with van der Waals surface area (Å²) in [4.78, 5) is 10.9. The molecule has 4 nitrogen and oxygen atoms in total. The largest absolute Gasteiger partial charge is 0.384 e. The van der Waals surface area contributed by atoms with Crippen LogP contribution in [0.3, 0.4) is 0 Å². The molecule has 1 aromatic heterocycles. The van der Waals surface area contributed by atoms with Crippen molar-refractivity contribution in [3.05, 3.63) is 11.9 Å². The van der Waals surface area contributed by atoms with Crippen LogP contribution in [0.2, 0.25) is 0 Å². The molecule has 0 bridgehead atoms. The molecule has 0 amide bonds. The van der Waals surface area contributed by atoms with Crippen molar-refractivity contribution in [3.63, 3.8) is 0 Å². The number of hydrogen-bond donors (Lipinski definition) is 1. The number of rotatable bonds is 5. The molecule has 2 N–H and O–H groups in total. The zero-order valence-electron chi connectivity index (χ0n) is 10.4. The van der Waals surface area contributed by atoms with E-state index in [1.165, 1.54) is 0 Å². The predicted molar refractivity (Wildman–Crippen MR) is 69.8 cm³/mol. The smallest absolute Gasteiger partial charge is 0.134 e. The zero-order valence-corrected chi connectivity index (χ0v) is 11.2. The Bertz CT molecular complexity index is 339. The van der Waals surface area contributed by atoms with Gasteiger partial charge in [-0.25, -0.2) is 9.97 Å². The molecule has 0 radical (unpaired) electrons. The summed E-state index contributed by atoms with van der Waals surface area (Å²) in [7, 11) is 4.13. The van der Waals surface area contributed by atoms with Crippen molar-refractivity contribution in [1.29, 1.82) is 0 Å². The maximum Gasteiger partial charge on any atom is 0.134 e. The highest BCUT2D eigenvalue weighted by molar-refractivity contribution is 7.99. The molecule has 0 aliphatic heterocycles. The van der Waals surface area contributed by atoms with Gasteiger partial charge in [-0.2, -0.15) is 0 Å². The highest BCUT2D eigenvalue weighted by Crippen LogP contribution is 2.20. The fourth-order valence-corrected chi connectivity index (χ4v) is 2.15. The molecule has 0 fully saturated rings. The van der Waals surface area contributed by atoms with E-state index in [0.29, 0.717) is 11.7 Å². The predicted octanol–water partition coefficient (Wildman–Crippen LogP) is 1.84. The van der Waals surface area contributed by atoms with Crippen LogP contribution in [0, 0.1) is 0 Å². The Hall–Kier alpha value is -0.810. The molecule has 0 unspecified atom stereocenters. The third kappa shape index (κ3) is 4.37. The highest BCUT2D eigenvalue weighted by atomic mass is 32.2. The third-order valence-electron chi connectivity index (χ3n) is 2.04. The maximum absolute atomic E-state index is 5.75. The lowest BCUT2D eigenvalue weighted by molar-refractivity contribution is 0.437. The van der Waals surface area contributed by atoms with Gasteiger partial charge in [0.2, 0.25) is 0 Å². The first-order valence-corrected chi connectivity index (χ1v) is 6.39. The lowest BCUT2D eigenvalue weighted by Gasteiger charge is -2.10. The van der Waals surface area contributed by atoms with Gasteiger partial charge in [0.15, 0.2) is 0 Å². The number of thioether (sulfide) groups is 1. The van der Waals surface area contributed by atoms with Crippen molar-refractivity contribution >= 4 is 17.6 Å². The average Bonchev–Trinajstić information content (AvgIpc) is 2.16. The second kappa shape index (κ2) is 6.06. The minimum Gasteiger partial charge on any atom is -0.384 e. The minimum atomic E-state index is 0.316. The van der Waals surface area contributed by atoms with Crippen LogP contribution >= 0.6 is 11.8 Å². The SMILES string of the molecule is CC(C)c1nc(N)cc(SCCN(C)C)n1. The fourth-order valence-electron chi connectivity index (χ4n) is 1.13. The van der Waals surface area contributed by atoms with Crippen LogP contribution in [0.4, 0.5) is 5.82 Å². The van der Waals surface area contributed by atoms with Gasteiger partial charge in [0, 0.05) is 24.3 Å². The van der Waals surface area contributed by atoms with Crippen LogP contribution < -0.4 is 5.73 Å². The Morgan fingerprint density at radius 1 is 1.38 bits per heavy atom. The fraction of sp³-hybridized carbons (Fsp3) is 0.636. The van der Waals surface area contributed by atoms with E-state index in [9.17, 15) is 0 Å². The normalized spacial score (nSPS) is 11.4. The van der Waals surface area contributed by atoms with Crippen LogP contribution in [0.25, 0.3) is 0 Å². The van der Waals surface area contributed by atoms with Crippen molar-refractivity contribution in [2.24, 2.45) is 0 Å². The van der Waals surface area contributed by atoms with Gasteiger partial charge in [-0.15, -0.1) is 11.8 Å². The van der Waals surface area contributed by atoms with Crippen LogP contribution in [-0.2, 0) is 0 Å². The summed E-state index contributed by atoms with van der Waals surface area (Å²) in [5.41, 5.74) is 5.75. The highest BCUT2D eigenvalue weighted by Gasteiger charge is 2.06. The second-order valence-electron chi connectivity index (χ2n) is 4.30. The van der Waals surface area contributed by atoms with E-state index >= 15 is 0 Å². The first-order chi connectivity index (χ1) is 7.49. The number of anilines is 1. The third-order valence-corrected chi connectivity index (χ3v) is 2.94. The van der Waals surface area contributed by atoms with Crippen molar-refractivity contribution in [2.75, 3.05) is 32.1 Å². The number of aromatic nitrogens is 2. The van der Waals surface area contributed by atoms with E-state index in [1.54, 1.807) is 11.8 Å². The summed E-state index contributed by atoms with van der Waals surface area (Å²) in [6.07, 6.45) is 0. The van der Waals surface area contributed by atoms with Crippen LogP contribution in [0.5, 0.6) is 0 Å². The Balaban J connectivity index is 2.65. The van der Waals surface area contributed by atoms with Gasteiger partial charge in [-0.3, -0.25) is 0 Å². The Morgan fingerprint density at radius 2 is 2.06 bits per heavy atom. The lowest BCUT2D eigenvalue weighted by atomic mass is 10.2. The quantitative estimate of drug-likeness (QED) is 0.628. The molecular weight excluding hydrogens is 220 g/mol. The van der Waals surface area contributed by atoms with Gasteiger partial charge in [0.05, 0.1) is 0 Å². The van der Waals surface area contributed by atoms with Gasteiger partial charge in [0.1, 0.15) is 16.7 Å². The molecule has 0 spiro atoms. The van der Waals surface area contributed by atoms with E-state index in [2.05, 4.69) is 42.8 Å². The summed E-state index contributed by atoms with van der Waals surface area (Å²) in [5, 5.41) is 0.970. The standard InChI is InChI=1S/C11H20N4S/c1-8(2)11-13-9(12)7-10(14-11)16-6-5-15(3)4/h7-8H,5-6H2,1-4H3,(H2,12,13,14). The molecule has 0 aliphatic rings. The molecule has 0 aliphatic carbocycles. The maximum atomic E-state index is 5.75. The number of nitrogens with two attached hydrogens (primary N) is 1. The first-order valence-electron chi connectivity index (χ1n) is 5.41. The lowest BCUT2D eigenvalue weighted by Crippen LogP contribution is -2.15. The molecule has 1 rings (SSSR count). The number of nitrogens with zero attached hydrogens (tertiary/aromatic N) is 3. The molecule has 16 heavy (non-hydrogen) atoms. The summed E-state index contributed by atoms with van der Waals surface area (Å²) < 4.78 is 0. The molecule has 1 heterocycles. The molecule has 5 heteroatoms.